The van der Waals surface area contributed by atoms with Crippen LogP contribution in [0.2, 0.25) is 0 Å². The van der Waals surface area contributed by atoms with E-state index in [2.05, 4.69) is 73.0 Å². The molecule has 0 saturated carbocycles. The van der Waals surface area contributed by atoms with Crippen molar-refractivity contribution in [3.8, 4) is 0 Å². The molecule has 0 amide bonds. The summed E-state index contributed by atoms with van der Waals surface area (Å²) in [6.07, 6.45) is 2.32. The quantitative estimate of drug-likeness (QED) is 0.574. The summed E-state index contributed by atoms with van der Waals surface area (Å²) >= 11 is 0. The zero-order valence-electron chi connectivity index (χ0n) is 15.8. The molecule has 0 fully saturated rings. The number of aryl methyl sites for hydroxylation is 2. The van der Waals surface area contributed by atoms with Crippen molar-refractivity contribution >= 4 is 0 Å². The van der Waals surface area contributed by atoms with Gasteiger partial charge in [-0.25, -0.2) is 24.3 Å². The van der Waals surface area contributed by atoms with Crippen LogP contribution >= 0.6 is 0 Å². The molecule has 0 aliphatic carbocycles. The van der Waals surface area contributed by atoms with E-state index < -0.39 is 0 Å². The van der Waals surface area contributed by atoms with Crippen molar-refractivity contribution < 1.29 is 26.2 Å². The normalized spacial score (nSPS) is 8.26. The second kappa shape index (κ2) is 23.8. The van der Waals surface area contributed by atoms with Gasteiger partial charge in [-0.15, -0.1) is 0 Å². The summed E-state index contributed by atoms with van der Waals surface area (Å²) in [6.45, 7) is 10.2. The first-order chi connectivity index (χ1) is 10.7. The van der Waals surface area contributed by atoms with Crippen LogP contribution in [-0.4, -0.2) is 27.2 Å². The Morgan fingerprint density at radius 3 is 0.913 bits per heavy atom. The molecule has 0 heterocycles. The summed E-state index contributed by atoms with van der Waals surface area (Å²) in [5.74, 6) is 0. The summed E-state index contributed by atoms with van der Waals surface area (Å²) in [6, 6.07) is 16.8. The minimum Gasteiger partial charge on any atom is -0.665 e. The second-order valence-electron chi connectivity index (χ2n) is 4.56. The fourth-order valence-corrected chi connectivity index (χ4v) is 1.30. The van der Waals surface area contributed by atoms with Gasteiger partial charge >= 0.3 is 26.2 Å². The molecule has 23 heavy (non-hydrogen) atoms. The Morgan fingerprint density at radius 2 is 0.826 bits per heavy atom. The molecular formula is C20H34N2Zr. The zero-order valence-corrected chi connectivity index (χ0v) is 18.3. The first-order valence-electron chi connectivity index (χ1n) is 8.22. The first kappa shape index (κ1) is 27.4. The van der Waals surface area contributed by atoms with E-state index in [0.29, 0.717) is 0 Å². The SMILES string of the molecule is CC[N-]C.CC[N-]C.CC[c-]1cccc1.CC[c-]1cccc1.[Zr+4]. The third-order valence-corrected chi connectivity index (χ3v) is 2.91. The molecule has 0 saturated heterocycles. The van der Waals surface area contributed by atoms with E-state index >= 15 is 0 Å². The molecular weight excluding hydrogens is 359 g/mol. The van der Waals surface area contributed by atoms with Crippen LogP contribution in [0.15, 0.2) is 48.5 Å². The Balaban J connectivity index is -0.000000238. The Labute approximate surface area is 163 Å². The smallest absolute Gasteiger partial charge is 0.665 e. The molecule has 0 aliphatic rings. The molecule has 0 radical (unpaired) electrons. The summed E-state index contributed by atoms with van der Waals surface area (Å²) in [4.78, 5) is 0. The number of hydrogen-bond donors (Lipinski definition) is 0. The summed E-state index contributed by atoms with van der Waals surface area (Å²) in [5.41, 5.74) is 2.86. The molecule has 3 heteroatoms. The molecule has 0 atom stereocenters. The van der Waals surface area contributed by atoms with Gasteiger partial charge in [0.15, 0.2) is 0 Å². The first-order valence-corrected chi connectivity index (χ1v) is 8.22. The molecule has 0 bridgehead atoms. The van der Waals surface area contributed by atoms with Gasteiger partial charge in [0.05, 0.1) is 0 Å². The average Bonchev–Trinajstić information content (AvgIpc) is 3.28. The van der Waals surface area contributed by atoms with E-state index in [4.69, 9.17) is 0 Å². The van der Waals surface area contributed by atoms with Crippen molar-refractivity contribution in [2.75, 3.05) is 27.2 Å². The van der Waals surface area contributed by atoms with Crippen molar-refractivity contribution in [2.24, 2.45) is 0 Å². The van der Waals surface area contributed by atoms with Crippen LogP contribution in [0, 0.1) is 0 Å². The minimum absolute atomic E-state index is 0. The fraction of sp³-hybridized carbons (Fsp3) is 0.500. The summed E-state index contributed by atoms with van der Waals surface area (Å²) in [5, 5.41) is 7.47. The fourth-order valence-electron chi connectivity index (χ4n) is 1.30. The van der Waals surface area contributed by atoms with Crippen molar-refractivity contribution in [2.45, 2.75) is 40.5 Å². The number of rotatable bonds is 4. The van der Waals surface area contributed by atoms with Crippen LogP contribution < -0.4 is 0 Å². The maximum Gasteiger partial charge on any atom is 4.00 e. The predicted molar refractivity (Wildman–Crippen MR) is 102 cm³/mol. The standard InChI is InChI=1S/2C7H9.2C3H8N.Zr/c2*1-2-7-5-3-4-6-7;2*1-3-4-2;/h2*3-6H,2H2,1H3;2*3H2,1-2H3;/q4*-1;+4. The number of hydrogen-bond acceptors (Lipinski definition) is 0. The van der Waals surface area contributed by atoms with Gasteiger partial charge in [0, 0.05) is 0 Å². The van der Waals surface area contributed by atoms with Gasteiger partial charge in [-0.05, 0) is 0 Å². The average molecular weight is 394 g/mol. The molecule has 2 rings (SSSR count). The Bertz CT molecular complexity index is 324. The van der Waals surface area contributed by atoms with E-state index in [1.54, 1.807) is 14.1 Å². The van der Waals surface area contributed by atoms with Crippen molar-refractivity contribution in [1.29, 1.82) is 0 Å². The number of nitrogens with zero attached hydrogens (tertiary/aromatic N) is 2. The molecule has 2 aromatic carbocycles. The summed E-state index contributed by atoms with van der Waals surface area (Å²) in [7, 11) is 3.61. The van der Waals surface area contributed by atoms with Crippen LogP contribution in [-0.2, 0) is 39.0 Å². The van der Waals surface area contributed by atoms with Gasteiger partial charge in [0.2, 0.25) is 0 Å². The maximum atomic E-state index is 3.74. The predicted octanol–water partition coefficient (Wildman–Crippen LogP) is 5.95. The molecule has 2 nitrogen and oxygen atoms in total. The zero-order chi connectivity index (χ0) is 17.1. The van der Waals surface area contributed by atoms with Crippen molar-refractivity contribution in [3.63, 3.8) is 0 Å². The van der Waals surface area contributed by atoms with Gasteiger partial charge in [0.25, 0.3) is 0 Å². The van der Waals surface area contributed by atoms with E-state index in [1.807, 2.05) is 13.8 Å². The van der Waals surface area contributed by atoms with Crippen molar-refractivity contribution in [3.05, 3.63) is 70.3 Å². The topological polar surface area (TPSA) is 28.2 Å². The molecule has 0 spiro atoms. The van der Waals surface area contributed by atoms with Crippen LogP contribution in [0.3, 0.4) is 0 Å². The largest absolute Gasteiger partial charge is 4.00 e. The minimum atomic E-state index is 0. The van der Waals surface area contributed by atoms with Gasteiger partial charge in [-0.2, -0.15) is 62.6 Å². The molecule has 0 N–H and O–H groups in total. The van der Waals surface area contributed by atoms with Crippen molar-refractivity contribution in [1.82, 2.24) is 0 Å². The third kappa shape index (κ3) is 21.5. The van der Waals surface area contributed by atoms with E-state index in [9.17, 15) is 0 Å². The molecule has 0 aliphatic heterocycles. The molecule has 2 aromatic rings. The van der Waals surface area contributed by atoms with E-state index in [1.165, 1.54) is 11.1 Å². The van der Waals surface area contributed by atoms with E-state index in [-0.39, 0.29) is 26.2 Å². The maximum absolute atomic E-state index is 3.74. The van der Waals surface area contributed by atoms with E-state index in [0.717, 1.165) is 25.9 Å². The van der Waals surface area contributed by atoms with Crippen LogP contribution in [0.5, 0.6) is 0 Å². The van der Waals surface area contributed by atoms with Crippen LogP contribution in [0.25, 0.3) is 10.6 Å². The Hall–Kier alpha value is -0.497. The molecule has 0 unspecified atom stereocenters. The van der Waals surface area contributed by atoms with Gasteiger partial charge in [-0.1, -0.05) is 40.5 Å². The summed E-state index contributed by atoms with van der Waals surface area (Å²) < 4.78 is 0. The van der Waals surface area contributed by atoms with Crippen LogP contribution in [0.4, 0.5) is 0 Å². The monoisotopic (exact) mass is 392 g/mol. The Kier molecular flexibility index (Phi) is 28.3. The molecule has 0 aromatic heterocycles. The molecule has 128 valence electrons. The van der Waals surface area contributed by atoms with Gasteiger partial charge in [-0.3, -0.25) is 0 Å². The Morgan fingerprint density at radius 1 is 0.609 bits per heavy atom. The second-order valence-corrected chi connectivity index (χ2v) is 4.56. The third-order valence-electron chi connectivity index (χ3n) is 2.91. The van der Waals surface area contributed by atoms with Gasteiger partial charge < -0.3 is 10.6 Å². The van der Waals surface area contributed by atoms with Crippen LogP contribution in [0.1, 0.15) is 38.8 Å². The van der Waals surface area contributed by atoms with Gasteiger partial charge in [0.1, 0.15) is 0 Å².